The lowest BCUT2D eigenvalue weighted by Gasteiger charge is -2.32. The maximum Gasteiger partial charge on any atom is 0.226 e. The number of aliphatic hydroxyl groups excluding tert-OH is 1. The number of anilines is 1. The smallest absolute Gasteiger partial charge is 0.226 e. The number of carbonyl (C=O) groups is 1. The zero-order valence-corrected chi connectivity index (χ0v) is 27.0. The summed E-state index contributed by atoms with van der Waals surface area (Å²) in [5.74, 6) is 2.19. The van der Waals surface area contributed by atoms with E-state index in [1.54, 1.807) is 10.9 Å². The number of amides is 1. The van der Waals surface area contributed by atoms with Crippen molar-refractivity contribution in [3.05, 3.63) is 11.5 Å². The molecular formula is C30H43ClN6O9. The van der Waals surface area contributed by atoms with Gasteiger partial charge in [0.1, 0.15) is 30.7 Å². The Bertz CT molecular complexity index is 1330. The SMILES string of the molecule is C#CCOCCOCCOCCOCCC(=O)N1CCC(Nc2nc(Cl)nc3c2cnn3[C@@H]2OC(CO)[C@H]3OC(C)(C)O[C@H]32)CC1. The minimum Gasteiger partial charge on any atom is -0.394 e. The minimum absolute atomic E-state index is 0.0578. The van der Waals surface area contributed by atoms with Crippen molar-refractivity contribution in [2.45, 2.75) is 69.5 Å². The molecule has 2 aromatic rings. The van der Waals surface area contributed by atoms with Gasteiger partial charge in [0.2, 0.25) is 11.2 Å². The van der Waals surface area contributed by atoms with E-state index < -0.39 is 30.3 Å². The molecule has 0 radical (unpaired) electrons. The summed E-state index contributed by atoms with van der Waals surface area (Å²) in [5, 5.41) is 18.6. The van der Waals surface area contributed by atoms with Crippen LogP contribution < -0.4 is 5.32 Å². The summed E-state index contributed by atoms with van der Waals surface area (Å²) in [7, 11) is 0. The molecule has 46 heavy (non-hydrogen) atoms. The predicted octanol–water partition coefficient (Wildman–Crippen LogP) is 1.38. The number of likely N-dealkylation sites (tertiary alicyclic amines) is 1. The van der Waals surface area contributed by atoms with Crippen molar-refractivity contribution in [3.63, 3.8) is 0 Å². The van der Waals surface area contributed by atoms with Crippen LogP contribution in [-0.4, -0.2) is 138 Å². The standard InChI is InChI=1S/C30H43ClN6O9/c1-4-10-40-12-14-42-16-17-43-15-13-41-11-7-23(39)36-8-5-20(6-9-36)33-26-21-18-32-37(27(21)35-29(31)34-26)28-25-24(22(19-38)44-28)45-30(2,3)46-25/h1,18,20,22,24-25,28,38H,5-17,19H2,2-3H3,(H,33,34,35)/t22?,24-,25-,28-/m1/s1. The second-order valence-electron chi connectivity index (χ2n) is 11.6. The van der Waals surface area contributed by atoms with Gasteiger partial charge in [0, 0.05) is 19.1 Å². The Kier molecular flexibility index (Phi) is 12.4. The fraction of sp³-hybridized carbons (Fsp3) is 0.733. The van der Waals surface area contributed by atoms with Gasteiger partial charge in [0.25, 0.3) is 0 Å². The largest absolute Gasteiger partial charge is 0.394 e. The molecule has 0 aliphatic carbocycles. The van der Waals surface area contributed by atoms with Crippen LogP contribution in [0.25, 0.3) is 11.0 Å². The number of hydrogen-bond donors (Lipinski definition) is 2. The van der Waals surface area contributed by atoms with Crippen molar-refractivity contribution in [2.24, 2.45) is 0 Å². The van der Waals surface area contributed by atoms with Crippen molar-refractivity contribution in [1.82, 2.24) is 24.6 Å². The zero-order chi connectivity index (χ0) is 32.5. The van der Waals surface area contributed by atoms with Gasteiger partial charge >= 0.3 is 0 Å². The van der Waals surface area contributed by atoms with E-state index in [0.29, 0.717) is 82.6 Å². The van der Waals surface area contributed by atoms with Crippen LogP contribution in [-0.2, 0) is 38.0 Å². The summed E-state index contributed by atoms with van der Waals surface area (Å²) in [6, 6.07) is 0.0765. The quantitative estimate of drug-likeness (QED) is 0.142. The highest BCUT2D eigenvalue weighted by Crippen LogP contribution is 2.43. The molecule has 5 heterocycles. The maximum atomic E-state index is 12.7. The molecule has 1 amide bonds. The Morgan fingerprint density at radius 3 is 2.39 bits per heavy atom. The molecule has 5 rings (SSSR count). The molecule has 254 valence electrons. The monoisotopic (exact) mass is 666 g/mol. The molecule has 3 aliphatic heterocycles. The van der Waals surface area contributed by atoms with E-state index >= 15 is 0 Å². The maximum absolute atomic E-state index is 12.7. The van der Waals surface area contributed by atoms with E-state index in [4.69, 9.17) is 51.2 Å². The number of carbonyl (C=O) groups excluding carboxylic acids is 1. The number of aliphatic hydroxyl groups is 1. The van der Waals surface area contributed by atoms with Gasteiger partial charge in [0.05, 0.1) is 70.9 Å². The van der Waals surface area contributed by atoms with Gasteiger partial charge in [-0.2, -0.15) is 15.1 Å². The van der Waals surface area contributed by atoms with Gasteiger partial charge in [-0.15, -0.1) is 6.42 Å². The molecule has 1 unspecified atom stereocenters. The summed E-state index contributed by atoms with van der Waals surface area (Å²) in [5.41, 5.74) is 0.478. The van der Waals surface area contributed by atoms with E-state index in [1.807, 2.05) is 18.7 Å². The number of terminal acetylenes is 1. The van der Waals surface area contributed by atoms with E-state index in [9.17, 15) is 9.90 Å². The summed E-state index contributed by atoms with van der Waals surface area (Å²) in [6.07, 6.45) is 6.40. The third-order valence-electron chi connectivity index (χ3n) is 7.92. The van der Waals surface area contributed by atoms with Gasteiger partial charge in [-0.1, -0.05) is 5.92 Å². The van der Waals surface area contributed by atoms with Crippen LogP contribution in [0.5, 0.6) is 0 Å². The number of hydrogen-bond acceptors (Lipinski definition) is 13. The number of fused-ring (bicyclic) bond motifs is 2. The molecule has 3 fully saturated rings. The van der Waals surface area contributed by atoms with E-state index in [1.165, 1.54) is 0 Å². The number of nitrogens with zero attached hydrogens (tertiary/aromatic N) is 5. The molecule has 3 aliphatic rings. The molecule has 3 saturated heterocycles. The van der Waals surface area contributed by atoms with Gasteiger partial charge in [0.15, 0.2) is 17.7 Å². The van der Waals surface area contributed by atoms with E-state index in [0.717, 1.165) is 12.8 Å². The molecule has 2 aromatic heterocycles. The first-order valence-corrected chi connectivity index (χ1v) is 16.0. The van der Waals surface area contributed by atoms with Crippen LogP contribution in [0.4, 0.5) is 5.82 Å². The van der Waals surface area contributed by atoms with Crippen LogP contribution in [0.2, 0.25) is 5.28 Å². The van der Waals surface area contributed by atoms with Crippen molar-refractivity contribution in [3.8, 4) is 12.3 Å². The lowest BCUT2D eigenvalue weighted by atomic mass is 10.0. The van der Waals surface area contributed by atoms with Crippen molar-refractivity contribution in [1.29, 1.82) is 0 Å². The summed E-state index contributed by atoms with van der Waals surface area (Å²) >= 11 is 6.35. The molecule has 15 nitrogen and oxygen atoms in total. The van der Waals surface area contributed by atoms with Gasteiger partial charge in [-0.3, -0.25) is 4.79 Å². The predicted molar refractivity (Wildman–Crippen MR) is 165 cm³/mol. The van der Waals surface area contributed by atoms with Crippen LogP contribution in [0.3, 0.4) is 0 Å². The Morgan fingerprint density at radius 2 is 1.72 bits per heavy atom. The van der Waals surface area contributed by atoms with Crippen molar-refractivity contribution < 1.29 is 43.1 Å². The number of ether oxygens (including phenoxy) is 7. The number of halogens is 1. The normalized spacial score (nSPS) is 24.4. The highest BCUT2D eigenvalue weighted by molar-refractivity contribution is 6.28. The lowest BCUT2D eigenvalue weighted by molar-refractivity contribution is -0.201. The molecule has 2 N–H and O–H groups in total. The number of piperidine rings is 1. The molecule has 0 aromatic carbocycles. The van der Waals surface area contributed by atoms with Crippen LogP contribution >= 0.6 is 11.6 Å². The van der Waals surface area contributed by atoms with E-state index in [-0.39, 0.29) is 30.4 Å². The van der Waals surface area contributed by atoms with Gasteiger partial charge in [-0.05, 0) is 38.3 Å². The first kappa shape index (κ1) is 34.7. The fourth-order valence-electron chi connectivity index (χ4n) is 5.77. The second kappa shape index (κ2) is 16.4. The average Bonchev–Trinajstić information content (AvgIpc) is 3.70. The third-order valence-corrected chi connectivity index (χ3v) is 8.09. The van der Waals surface area contributed by atoms with Gasteiger partial charge in [-0.25, -0.2) is 4.68 Å². The fourth-order valence-corrected chi connectivity index (χ4v) is 5.94. The first-order chi connectivity index (χ1) is 22.3. The zero-order valence-electron chi connectivity index (χ0n) is 26.3. The van der Waals surface area contributed by atoms with Gasteiger partial charge < -0.3 is 48.5 Å². The molecule has 0 spiro atoms. The number of rotatable bonds is 17. The van der Waals surface area contributed by atoms with Crippen LogP contribution in [0.1, 0.15) is 39.3 Å². The molecular weight excluding hydrogens is 624 g/mol. The van der Waals surface area contributed by atoms with Crippen LogP contribution in [0.15, 0.2) is 6.20 Å². The first-order valence-electron chi connectivity index (χ1n) is 15.6. The summed E-state index contributed by atoms with van der Waals surface area (Å²) in [6.45, 7) is 7.97. The lowest BCUT2D eigenvalue weighted by Crippen LogP contribution is -2.42. The van der Waals surface area contributed by atoms with Crippen molar-refractivity contribution >= 4 is 34.4 Å². The molecule has 0 saturated carbocycles. The molecule has 4 atom stereocenters. The third kappa shape index (κ3) is 8.82. The van der Waals surface area contributed by atoms with Crippen LogP contribution in [0, 0.1) is 12.3 Å². The highest BCUT2D eigenvalue weighted by atomic mass is 35.5. The number of aromatic nitrogens is 4. The van der Waals surface area contributed by atoms with Crippen molar-refractivity contribution in [2.75, 3.05) is 77.9 Å². The molecule has 16 heteroatoms. The Morgan fingerprint density at radius 1 is 1.07 bits per heavy atom. The Hall–Kier alpha value is -2.65. The van der Waals surface area contributed by atoms with E-state index in [2.05, 4.69) is 26.3 Å². The number of nitrogens with one attached hydrogen (secondary N) is 1. The second-order valence-corrected chi connectivity index (χ2v) is 12.0. The topological polar surface area (TPSA) is 161 Å². The minimum atomic E-state index is -0.818. The molecule has 0 bridgehead atoms. The summed E-state index contributed by atoms with van der Waals surface area (Å²) < 4.78 is 41.3. The average molecular weight is 667 g/mol. The highest BCUT2D eigenvalue weighted by Gasteiger charge is 2.56. The summed E-state index contributed by atoms with van der Waals surface area (Å²) in [4.78, 5) is 23.5. The Labute approximate surface area is 273 Å². The Balaban J connectivity index is 1.03.